The first-order chi connectivity index (χ1) is 12.6. The second kappa shape index (κ2) is 6.63. The molecule has 1 aliphatic heterocycles. The molecule has 3 heterocycles. The largest absolute Gasteiger partial charge is 0.358 e. The number of likely N-dealkylation sites (tertiary alicyclic amines) is 1. The summed E-state index contributed by atoms with van der Waals surface area (Å²) < 4.78 is 0. The number of nitrogens with one attached hydrogen (secondary N) is 2. The summed E-state index contributed by atoms with van der Waals surface area (Å²) in [4.78, 5) is 34.6. The van der Waals surface area contributed by atoms with Gasteiger partial charge in [-0.25, -0.2) is 4.98 Å². The summed E-state index contributed by atoms with van der Waals surface area (Å²) in [5.41, 5.74) is 2.51. The van der Waals surface area contributed by atoms with Crippen molar-refractivity contribution in [2.75, 3.05) is 18.4 Å². The number of nitrogens with zero attached hydrogens (tertiary/aromatic N) is 2. The van der Waals surface area contributed by atoms with E-state index in [1.165, 1.54) is 0 Å². The number of H-pyrrole nitrogens is 1. The number of hydrogen-bond donors (Lipinski definition) is 2. The molecular weight excluding hydrogens is 328 g/mol. The number of aromatic nitrogens is 2. The molecule has 6 heteroatoms. The van der Waals surface area contributed by atoms with Gasteiger partial charge in [0.25, 0.3) is 5.91 Å². The highest BCUT2D eigenvalue weighted by Gasteiger charge is 2.33. The molecule has 1 aromatic carbocycles. The van der Waals surface area contributed by atoms with Gasteiger partial charge in [-0.2, -0.15) is 0 Å². The van der Waals surface area contributed by atoms with E-state index in [4.69, 9.17) is 0 Å². The lowest BCUT2D eigenvalue weighted by molar-refractivity contribution is -0.119. The Kier molecular flexibility index (Phi) is 4.16. The molecule has 0 aliphatic carbocycles. The lowest BCUT2D eigenvalue weighted by Crippen LogP contribution is -2.31. The molecule has 0 bridgehead atoms. The van der Waals surface area contributed by atoms with Gasteiger partial charge in [-0.1, -0.05) is 24.3 Å². The molecule has 1 saturated heterocycles. The van der Waals surface area contributed by atoms with Crippen molar-refractivity contribution < 1.29 is 9.59 Å². The van der Waals surface area contributed by atoms with Gasteiger partial charge in [0, 0.05) is 35.9 Å². The van der Waals surface area contributed by atoms with Crippen LogP contribution in [-0.2, 0) is 4.79 Å². The van der Waals surface area contributed by atoms with Gasteiger partial charge in [0.2, 0.25) is 5.91 Å². The van der Waals surface area contributed by atoms with Gasteiger partial charge in [-0.3, -0.25) is 9.59 Å². The summed E-state index contributed by atoms with van der Waals surface area (Å²) in [5, 5.41) is 3.75. The summed E-state index contributed by atoms with van der Waals surface area (Å²) in [6, 6.07) is 13.2. The third-order valence-electron chi connectivity index (χ3n) is 4.87. The Balaban J connectivity index is 1.49. The van der Waals surface area contributed by atoms with E-state index in [0.717, 1.165) is 16.6 Å². The molecule has 3 aromatic rings. The molecule has 1 atom stereocenters. The fraction of sp³-hybridized carbons (Fsp3) is 0.250. The molecule has 26 heavy (non-hydrogen) atoms. The molecule has 6 nitrogen and oxygen atoms in total. The number of aryl methyl sites for hydroxylation is 1. The van der Waals surface area contributed by atoms with Crippen LogP contribution in [0.15, 0.2) is 48.7 Å². The topological polar surface area (TPSA) is 78.1 Å². The third-order valence-corrected chi connectivity index (χ3v) is 4.87. The van der Waals surface area contributed by atoms with E-state index >= 15 is 0 Å². The van der Waals surface area contributed by atoms with Crippen molar-refractivity contribution in [2.24, 2.45) is 5.92 Å². The number of fused-ring (bicyclic) bond motifs is 1. The molecule has 2 amide bonds. The highest BCUT2D eigenvalue weighted by atomic mass is 16.2. The molecular formula is C20H20N4O2. The van der Waals surface area contributed by atoms with Crippen molar-refractivity contribution in [1.82, 2.24) is 14.9 Å². The lowest BCUT2D eigenvalue weighted by atomic mass is 10.1. The molecule has 132 valence electrons. The molecule has 2 aromatic heterocycles. The Morgan fingerprint density at radius 2 is 2.00 bits per heavy atom. The van der Waals surface area contributed by atoms with Crippen LogP contribution < -0.4 is 5.32 Å². The second-order valence-electron chi connectivity index (χ2n) is 6.61. The Morgan fingerprint density at radius 1 is 1.19 bits per heavy atom. The minimum atomic E-state index is -0.216. The number of hydrogen-bond acceptors (Lipinski definition) is 3. The predicted octanol–water partition coefficient (Wildman–Crippen LogP) is 2.97. The van der Waals surface area contributed by atoms with Crippen molar-refractivity contribution in [3.8, 4) is 0 Å². The maximum Gasteiger partial charge on any atom is 0.256 e. The molecule has 0 unspecified atom stereocenters. The minimum Gasteiger partial charge on any atom is -0.358 e. The monoisotopic (exact) mass is 348 g/mol. The van der Waals surface area contributed by atoms with E-state index in [1.54, 1.807) is 23.2 Å². The summed E-state index contributed by atoms with van der Waals surface area (Å²) in [6.07, 6.45) is 2.30. The van der Waals surface area contributed by atoms with Crippen molar-refractivity contribution in [1.29, 1.82) is 0 Å². The van der Waals surface area contributed by atoms with Crippen LogP contribution in [0.1, 0.15) is 22.5 Å². The Labute approximate surface area is 151 Å². The molecule has 1 fully saturated rings. The molecule has 0 radical (unpaired) electrons. The van der Waals surface area contributed by atoms with E-state index in [1.807, 2.05) is 37.3 Å². The van der Waals surface area contributed by atoms with Crippen LogP contribution in [0.25, 0.3) is 10.9 Å². The van der Waals surface area contributed by atoms with Crippen LogP contribution >= 0.6 is 0 Å². The van der Waals surface area contributed by atoms with Gasteiger partial charge in [0.1, 0.15) is 5.82 Å². The van der Waals surface area contributed by atoms with Gasteiger partial charge in [-0.05, 0) is 31.5 Å². The Bertz CT molecular complexity index is 964. The number of anilines is 1. The fourth-order valence-corrected chi connectivity index (χ4v) is 3.53. The van der Waals surface area contributed by atoms with E-state index in [-0.39, 0.29) is 17.7 Å². The summed E-state index contributed by atoms with van der Waals surface area (Å²) >= 11 is 0. The third kappa shape index (κ3) is 2.94. The number of carbonyl (C=O) groups excluding carboxylic acids is 2. The molecule has 4 rings (SSSR count). The van der Waals surface area contributed by atoms with E-state index in [9.17, 15) is 9.59 Å². The Morgan fingerprint density at radius 3 is 2.81 bits per heavy atom. The van der Waals surface area contributed by atoms with Gasteiger partial charge < -0.3 is 15.2 Å². The van der Waals surface area contributed by atoms with Gasteiger partial charge in [0.05, 0.1) is 11.5 Å². The number of rotatable bonds is 3. The fourth-order valence-electron chi connectivity index (χ4n) is 3.53. The van der Waals surface area contributed by atoms with Crippen molar-refractivity contribution in [3.05, 3.63) is 59.9 Å². The summed E-state index contributed by atoms with van der Waals surface area (Å²) in [7, 11) is 0. The van der Waals surface area contributed by atoms with Crippen LogP contribution in [0.4, 0.5) is 5.82 Å². The van der Waals surface area contributed by atoms with Crippen LogP contribution in [0, 0.1) is 12.8 Å². The molecule has 2 N–H and O–H groups in total. The maximum atomic E-state index is 13.0. The van der Waals surface area contributed by atoms with Crippen LogP contribution in [0.2, 0.25) is 0 Å². The quantitative estimate of drug-likeness (QED) is 0.764. The van der Waals surface area contributed by atoms with Crippen molar-refractivity contribution in [2.45, 2.75) is 13.3 Å². The predicted molar refractivity (Wildman–Crippen MR) is 99.9 cm³/mol. The number of benzene rings is 1. The molecule has 1 aliphatic rings. The maximum absolute atomic E-state index is 13.0. The average Bonchev–Trinajstić information content (AvgIpc) is 3.26. The molecule has 0 spiro atoms. The van der Waals surface area contributed by atoms with Crippen LogP contribution in [0.3, 0.4) is 0 Å². The van der Waals surface area contributed by atoms with E-state index in [2.05, 4.69) is 15.3 Å². The number of pyridine rings is 1. The van der Waals surface area contributed by atoms with Crippen LogP contribution in [0.5, 0.6) is 0 Å². The first kappa shape index (κ1) is 16.3. The first-order valence-electron chi connectivity index (χ1n) is 8.72. The first-order valence-corrected chi connectivity index (χ1v) is 8.72. The Hall–Kier alpha value is -3.15. The zero-order valence-electron chi connectivity index (χ0n) is 14.5. The average molecular weight is 348 g/mol. The standard InChI is InChI=1S/C20H20N4O2/c1-13-18(15-6-2-3-7-16(15)22-13)20(26)24-11-9-14(12-24)19(25)23-17-8-4-5-10-21-17/h2-8,10,14,22H,9,11-12H2,1H3,(H,21,23,25)/t14-/m0/s1. The van der Waals surface area contributed by atoms with E-state index < -0.39 is 0 Å². The lowest BCUT2D eigenvalue weighted by Gasteiger charge is -2.17. The number of amides is 2. The SMILES string of the molecule is Cc1[nH]c2ccccc2c1C(=O)N1CC[C@H](C(=O)Nc2ccccn2)C1. The van der Waals surface area contributed by atoms with Crippen molar-refractivity contribution >= 4 is 28.5 Å². The summed E-state index contributed by atoms with van der Waals surface area (Å²) in [5.74, 6) is 0.212. The van der Waals surface area contributed by atoms with E-state index in [0.29, 0.717) is 30.9 Å². The minimum absolute atomic E-state index is 0.0203. The second-order valence-corrected chi connectivity index (χ2v) is 6.61. The van der Waals surface area contributed by atoms with Gasteiger partial charge >= 0.3 is 0 Å². The molecule has 0 saturated carbocycles. The normalized spacial score (nSPS) is 16.8. The smallest absolute Gasteiger partial charge is 0.256 e. The van der Waals surface area contributed by atoms with Crippen molar-refractivity contribution in [3.63, 3.8) is 0 Å². The number of aromatic amines is 1. The van der Waals surface area contributed by atoms with Gasteiger partial charge in [-0.15, -0.1) is 0 Å². The van der Waals surface area contributed by atoms with Gasteiger partial charge in [0.15, 0.2) is 0 Å². The number of carbonyl (C=O) groups is 2. The summed E-state index contributed by atoms with van der Waals surface area (Å²) in [6.45, 7) is 2.92. The highest BCUT2D eigenvalue weighted by Crippen LogP contribution is 2.26. The zero-order chi connectivity index (χ0) is 18.1. The van der Waals surface area contributed by atoms with Crippen LogP contribution in [-0.4, -0.2) is 39.8 Å². The number of para-hydroxylation sites is 1. The zero-order valence-corrected chi connectivity index (χ0v) is 14.5. The highest BCUT2D eigenvalue weighted by molar-refractivity contribution is 6.08.